The molecule has 0 saturated heterocycles. The first-order chi connectivity index (χ1) is 15.0. The normalized spacial score (nSPS) is 10.5. The summed E-state index contributed by atoms with van der Waals surface area (Å²) in [7, 11) is 7.51. The largest absolute Gasteiger partial charge is 0.471 e. The Hall–Kier alpha value is -2.80. The molecule has 176 valence electrons. The van der Waals surface area contributed by atoms with Crippen LogP contribution in [0, 0.1) is 20.2 Å². The number of nitro groups is 2. The molecule has 0 unspecified atom stereocenters. The molecule has 0 fully saturated rings. The Bertz CT molecular complexity index is 842. The van der Waals surface area contributed by atoms with Gasteiger partial charge in [0.1, 0.15) is 23.5 Å². The van der Waals surface area contributed by atoms with E-state index in [0.717, 1.165) is 0 Å². The summed E-state index contributed by atoms with van der Waals surface area (Å²) >= 11 is 11.3. The molecule has 12 nitrogen and oxygen atoms in total. The van der Waals surface area contributed by atoms with E-state index in [-0.39, 0.29) is 33.4 Å². The van der Waals surface area contributed by atoms with E-state index < -0.39 is 9.85 Å². The van der Waals surface area contributed by atoms with Gasteiger partial charge in [-0.25, -0.2) is 0 Å². The smallest absolute Gasteiger partial charge is 0.331 e. The zero-order valence-electron chi connectivity index (χ0n) is 18.0. The van der Waals surface area contributed by atoms with Crippen molar-refractivity contribution in [2.75, 3.05) is 54.5 Å². The van der Waals surface area contributed by atoms with Crippen molar-refractivity contribution < 1.29 is 19.3 Å². The highest BCUT2D eigenvalue weighted by atomic mass is 35.5. The van der Waals surface area contributed by atoms with Crippen molar-refractivity contribution in [3.63, 3.8) is 0 Å². The number of likely N-dealkylation sites (N-methyl/N-ethyl adjacent to an activating group) is 2. The summed E-state index contributed by atoms with van der Waals surface area (Å²) in [5, 5.41) is 21.7. The number of rotatable bonds is 10. The standard InChI is InChI=1S/2C9H12ClN3O3/c2*1-12(2)5-6-16-9-7(13(14)15)3-4-8(10)11-9/h2*3-4H,5-6H2,1-2H3. The summed E-state index contributed by atoms with van der Waals surface area (Å²) in [5.74, 6) is -0.0845. The highest BCUT2D eigenvalue weighted by Gasteiger charge is 2.18. The minimum Gasteiger partial charge on any atom is -0.471 e. The zero-order chi connectivity index (χ0) is 24.3. The number of pyridine rings is 2. The van der Waals surface area contributed by atoms with Gasteiger partial charge in [-0.3, -0.25) is 20.2 Å². The predicted molar refractivity (Wildman–Crippen MR) is 120 cm³/mol. The first-order valence-electron chi connectivity index (χ1n) is 9.18. The monoisotopic (exact) mass is 490 g/mol. The Morgan fingerprint density at radius 3 is 1.41 bits per heavy atom. The van der Waals surface area contributed by atoms with Crippen molar-refractivity contribution in [2.45, 2.75) is 0 Å². The maximum absolute atomic E-state index is 10.7. The van der Waals surface area contributed by atoms with Gasteiger partial charge in [0, 0.05) is 25.2 Å². The fourth-order valence-corrected chi connectivity index (χ4v) is 2.24. The third-order valence-corrected chi connectivity index (χ3v) is 3.98. The van der Waals surface area contributed by atoms with Crippen LogP contribution in [-0.2, 0) is 0 Å². The lowest BCUT2D eigenvalue weighted by Gasteiger charge is -2.10. The highest BCUT2D eigenvalue weighted by Crippen LogP contribution is 2.26. The summed E-state index contributed by atoms with van der Waals surface area (Å²) in [5.41, 5.74) is -0.355. The van der Waals surface area contributed by atoms with Crippen LogP contribution in [0.3, 0.4) is 0 Å². The molecule has 0 spiro atoms. The maximum Gasteiger partial charge on any atom is 0.331 e. The predicted octanol–water partition coefficient (Wildman–Crippen LogP) is 3.17. The van der Waals surface area contributed by atoms with Gasteiger partial charge in [0.05, 0.1) is 9.85 Å². The van der Waals surface area contributed by atoms with E-state index >= 15 is 0 Å². The van der Waals surface area contributed by atoms with Gasteiger partial charge in [0.25, 0.3) is 11.8 Å². The van der Waals surface area contributed by atoms with Crippen LogP contribution in [0.4, 0.5) is 11.4 Å². The molecule has 0 aliphatic heterocycles. The summed E-state index contributed by atoms with van der Waals surface area (Å²) in [6.07, 6.45) is 0. The lowest BCUT2D eigenvalue weighted by molar-refractivity contribution is -0.386. The van der Waals surface area contributed by atoms with Crippen LogP contribution in [0.15, 0.2) is 24.3 Å². The summed E-state index contributed by atoms with van der Waals surface area (Å²) in [4.78, 5) is 31.6. The minimum absolute atomic E-state index is 0.0423. The second kappa shape index (κ2) is 13.6. The van der Waals surface area contributed by atoms with Gasteiger partial charge < -0.3 is 19.3 Å². The molecule has 2 aromatic heterocycles. The van der Waals surface area contributed by atoms with Gasteiger partial charge in [0.15, 0.2) is 0 Å². The van der Waals surface area contributed by atoms with E-state index in [1.165, 1.54) is 24.3 Å². The third-order valence-electron chi connectivity index (χ3n) is 3.56. The van der Waals surface area contributed by atoms with E-state index in [4.69, 9.17) is 32.7 Å². The number of hydrogen-bond donors (Lipinski definition) is 0. The number of nitrogens with zero attached hydrogens (tertiary/aromatic N) is 6. The number of aromatic nitrogens is 2. The molecule has 0 radical (unpaired) electrons. The maximum atomic E-state index is 10.7. The van der Waals surface area contributed by atoms with Crippen LogP contribution >= 0.6 is 23.2 Å². The quantitative estimate of drug-likeness (QED) is 0.277. The van der Waals surface area contributed by atoms with E-state index in [1.54, 1.807) is 0 Å². The molecule has 0 N–H and O–H groups in total. The fourth-order valence-electron chi connectivity index (χ4n) is 1.96. The average Bonchev–Trinajstić information content (AvgIpc) is 2.67. The molecule has 0 bridgehead atoms. The summed E-state index contributed by atoms with van der Waals surface area (Å²) in [6, 6.07) is 5.28. The van der Waals surface area contributed by atoms with Crippen LogP contribution in [0.1, 0.15) is 0 Å². The van der Waals surface area contributed by atoms with Crippen molar-refractivity contribution in [3.8, 4) is 11.8 Å². The Kier molecular flexibility index (Phi) is 11.6. The van der Waals surface area contributed by atoms with E-state index in [2.05, 4.69) is 9.97 Å². The van der Waals surface area contributed by atoms with Gasteiger partial charge in [-0.15, -0.1) is 0 Å². The summed E-state index contributed by atoms with van der Waals surface area (Å²) in [6.45, 7) is 1.93. The van der Waals surface area contributed by atoms with E-state index in [1.807, 2.05) is 38.0 Å². The van der Waals surface area contributed by atoms with Crippen LogP contribution in [0.25, 0.3) is 0 Å². The fraction of sp³-hybridized carbons (Fsp3) is 0.444. The minimum atomic E-state index is -0.547. The molecule has 0 aliphatic carbocycles. The second-order valence-electron chi connectivity index (χ2n) is 6.73. The van der Waals surface area contributed by atoms with Crippen LogP contribution < -0.4 is 9.47 Å². The summed E-state index contributed by atoms with van der Waals surface area (Å²) < 4.78 is 10.4. The highest BCUT2D eigenvalue weighted by molar-refractivity contribution is 6.29. The van der Waals surface area contributed by atoms with Crippen molar-refractivity contribution in [1.82, 2.24) is 19.8 Å². The number of ether oxygens (including phenoxy) is 2. The Balaban J connectivity index is 0.000000320. The molecule has 2 aromatic rings. The molecule has 0 aromatic carbocycles. The molecule has 0 atom stereocenters. The SMILES string of the molecule is CN(C)CCOc1nc(Cl)ccc1[N+](=O)[O-].CN(C)CCOc1nc(Cl)ccc1[N+](=O)[O-]. The topological polar surface area (TPSA) is 137 Å². The van der Waals surface area contributed by atoms with Crippen molar-refractivity contribution >= 4 is 34.6 Å². The molecule has 32 heavy (non-hydrogen) atoms. The molecule has 0 amide bonds. The molecule has 2 rings (SSSR count). The van der Waals surface area contributed by atoms with E-state index in [0.29, 0.717) is 26.3 Å². The molecular weight excluding hydrogens is 467 g/mol. The average molecular weight is 491 g/mol. The molecular formula is C18H24Cl2N6O6. The number of hydrogen-bond acceptors (Lipinski definition) is 10. The Morgan fingerprint density at radius 1 is 0.781 bits per heavy atom. The Morgan fingerprint density at radius 2 is 1.12 bits per heavy atom. The number of halogens is 2. The lowest BCUT2D eigenvalue weighted by Crippen LogP contribution is -2.20. The molecule has 2 heterocycles. The van der Waals surface area contributed by atoms with Gasteiger partial charge in [-0.05, 0) is 40.3 Å². The lowest BCUT2D eigenvalue weighted by atomic mass is 10.4. The molecule has 0 saturated carbocycles. The van der Waals surface area contributed by atoms with Gasteiger partial charge >= 0.3 is 11.4 Å². The van der Waals surface area contributed by atoms with Crippen molar-refractivity contribution in [2.24, 2.45) is 0 Å². The van der Waals surface area contributed by atoms with Gasteiger partial charge in [-0.1, -0.05) is 23.2 Å². The Labute approximate surface area is 195 Å². The van der Waals surface area contributed by atoms with Crippen LogP contribution in [0.2, 0.25) is 10.3 Å². The van der Waals surface area contributed by atoms with Gasteiger partial charge in [0.2, 0.25) is 0 Å². The van der Waals surface area contributed by atoms with Crippen LogP contribution in [-0.4, -0.2) is 84.1 Å². The molecule has 0 aliphatic rings. The van der Waals surface area contributed by atoms with Crippen molar-refractivity contribution in [3.05, 3.63) is 54.8 Å². The van der Waals surface area contributed by atoms with Gasteiger partial charge in [-0.2, -0.15) is 9.97 Å². The van der Waals surface area contributed by atoms with E-state index in [9.17, 15) is 20.2 Å². The van der Waals surface area contributed by atoms with Crippen molar-refractivity contribution in [1.29, 1.82) is 0 Å². The first kappa shape index (κ1) is 27.2. The zero-order valence-corrected chi connectivity index (χ0v) is 19.5. The third kappa shape index (κ3) is 10.0. The van der Waals surface area contributed by atoms with Crippen LogP contribution in [0.5, 0.6) is 11.8 Å². The first-order valence-corrected chi connectivity index (χ1v) is 9.93. The molecule has 14 heteroatoms. The second-order valence-corrected chi connectivity index (χ2v) is 7.51.